The van der Waals surface area contributed by atoms with Gasteiger partial charge in [0, 0.05) is 50.0 Å². The number of amides is 1. The molecule has 1 unspecified atom stereocenters. The Labute approximate surface area is 149 Å². The van der Waals surface area contributed by atoms with Gasteiger partial charge < -0.3 is 15.0 Å². The fraction of sp³-hybridized carbons (Fsp3) is 0.632. The average molecular weight is 349 g/mol. The Morgan fingerprint density at radius 2 is 2.12 bits per heavy atom. The Bertz CT molecular complexity index is 606. The van der Waals surface area contributed by atoms with Crippen LogP contribution in [-0.2, 0) is 11.3 Å². The first-order valence-corrected chi connectivity index (χ1v) is 9.06. The zero-order chi connectivity index (χ0) is 17.8. The Kier molecular flexibility index (Phi) is 6.04. The third-order valence-corrected chi connectivity index (χ3v) is 5.09. The highest BCUT2D eigenvalue weighted by Crippen LogP contribution is 2.29. The molecule has 1 heterocycles. The summed E-state index contributed by atoms with van der Waals surface area (Å²) < 4.78 is 19.5. The number of hydrogen-bond donors (Lipinski definition) is 1. The van der Waals surface area contributed by atoms with Gasteiger partial charge in [-0.2, -0.15) is 0 Å². The van der Waals surface area contributed by atoms with Crippen LogP contribution in [0.15, 0.2) is 18.2 Å². The molecular formula is C19H28FN3O2. The molecule has 0 aromatic heterocycles. The van der Waals surface area contributed by atoms with E-state index >= 15 is 0 Å². The molecule has 1 aromatic rings. The summed E-state index contributed by atoms with van der Waals surface area (Å²) in [5.74, 6) is 0.159. The molecule has 1 aliphatic carbocycles. The van der Waals surface area contributed by atoms with Gasteiger partial charge in [-0.05, 0) is 51.1 Å². The molecule has 3 rings (SSSR count). The number of rotatable bonds is 7. The van der Waals surface area contributed by atoms with E-state index in [2.05, 4.69) is 29.2 Å². The number of piperazine rings is 1. The van der Waals surface area contributed by atoms with Crippen LogP contribution in [0, 0.1) is 11.7 Å². The van der Waals surface area contributed by atoms with Crippen molar-refractivity contribution in [1.82, 2.24) is 15.1 Å². The van der Waals surface area contributed by atoms with E-state index in [4.69, 9.17) is 4.74 Å². The Hall–Kier alpha value is -1.50. The van der Waals surface area contributed by atoms with Crippen LogP contribution in [0.4, 0.5) is 4.39 Å². The van der Waals surface area contributed by atoms with Gasteiger partial charge in [0.15, 0.2) is 0 Å². The number of carbonyl (C=O) groups is 1. The fourth-order valence-corrected chi connectivity index (χ4v) is 3.08. The van der Waals surface area contributed by atoms with E-state index in [0.29, 0.717) is 36.2 Å². The topological polar surface area (TPSA) is 44.8 Å². The molecule has 1 aliphatic heterocycles. The van der Waals surface area contributed by atoms with Crippen LogP contribution in [0.2, 0.25) is 0 Å². The van der Waals surface area contributed by atoms with Crippen molar-refractivity contribution in [2.24, 2.45) is 5.92 Å². The van der Waals surface area contributed by atoms with Crippen molar-refractivity contribution < 1.29 is 13.9 Å². The molecule has 2 fully saturated rings. The predicted octanol–water partition coefficient (Wildman–Crippen LogP) is 1.73. The van der Waals surface area contributed by atoms with Gasteiger partial charge in [-0.25, -0.2) is 4.39 Å². The first-order valence-electron chi connectivity index (χ1n) is 9.06. The molecule has 1 N–H and O–H groups in total. The summed E-state index contributed by atoms with van der Waals surface area (Å²) in [4.78, 5) is 17.0. The summed E-state index contributed by atoms with van der Waals surface area (Å²) in [5, 5.41) is 2.98. The van der Waals surface area contributed by atoms with Gasteiger partial charge >= 0.3 is 0 Å². The maximum Gasteiger partial charge on any atom is 0.251 e. The van der Waals surface area contributed by atoms with Gasteiger partial charge in [-0.1, -0.05) is 0 Å². The minimum absolute atomic E-state index is 0.162. The van der Waals surface area contributed by atoms with Crippen LogP contribution in [0.1, 0.15) is 28.8 Å². The van der Waals surface area contributed by atoms with Crippen molar-refractivity contribution in [2.45, 2.75) is 25.5 Å². The van der Waals surface area contributed by atoms with Gasteiger partial charge in [0.25, 0.3) is 5.91 Å². The number of nitrogens with one attached hydrogen (secondary N) is 1. The summed E-state index contributed by atoms with van der Waals surface area (Å²) in [5.41, 5.74) is 0.932. The first-order chi connectivity index (χ1) is 12.0. The van der Waals surface area contributed by atoms with E-state index in [1.165, 1.54) is 25.0 Å². The lowest BCUT2D eigenvalue weighted by atomic mass is 10.1. The van der Waals surface area contributed by atoms with E-state index in [0.717, 1.165) is 19.6 Å². The van der Waals surface area contributed by atoms with Crippen LogP contribution < -0.4 is 5.32 Å². The molecule has 2 aliphatic rings. The van der Waals surface area contributed by atoms with Crippen LogP contribution in [-0.4, -0.2) is 68.6 Å². The SMILES string of the molecule is CN1CCN(C)C(CNC(=O)c2ccc(F)c(COCC3CC3)c2)C1. The standard InChI is InChI=1S/C19H28FN3O2/c1-22-7-8-23(2)17(11-22)10-21-19(24)15-5-6-18(20)16(9-15)13-25-12-14-3-4-14/h5-6,9,14,17H,3-4,7-8,10-13H2,1-2H3,(H,21,24). The number of halogens is 1. The van der Waals surface area contributed by atoms with Gasteiger partial charge in [0.05, 0.1) is 6.61 Å². The lowest BCUT2D eigenvalue weighted by Gasteiger charge is -2.37. The monoisotopic (exact) mass is 349 g/mol. The normalized spacial score (nSPS) is 22.1. The minimum atomic E-state index is -0.319. The molecule has 1 amide bonds. The third-order valence-electron chi connectivity index (χ3n) is 5.09. The molecule has 1 atom stereocenters. The maximum atomic E-state index is 13.9. The smallest absolute Gasteiger partial charge is 0.251 e. The van der Waals surface area contributed by atoms with Crippen molar-refractivity contribution >= 4 is 5.91 Å². The van der Waals surface area contributed by atoms with Crippen molar-refractivity contribution in [1.29, 1.82) is 0 Å². The fourth-order valence-electron chi connectivity index (χ4n) is 3.08. The molecule has 6 heteroatoms. The highest BCUT2D eigenvalue weighted by Gasteiger charge is 2.23. The van der Waals surface area contributed by atoms with Crippen LogP contribution in [0.5, 0.6) is 0 Å². The second-order valence-electron chi connectivity index (χ2n) is 7.37. The van der Waals surface area contributed by atoms with E-state index in [-0.39, 0.29) is 18.3 Å². The van der Waals surface area contributed by atoms with E-state index in [1.807, 2.05) is 0 Å². The molecule has 0 spiro atoms. The number of benzene rings is 1. The highest BCUT2D eigenvalue weighted by molar-refractivity contribution is 5.94. The largest absolute Gasteiger partial charge is 0.376 e. The van der Waals surface area contributed by atoms with Crippen LogP contribution >= 0.6 is 0 Å². The number of nitrogens with zero attached hydrogens (tertiary/aromatic N) is 2. The molecule has 1 saturated heterocycles. The van der Waals surface area contributed by atoms with Gasteiger partial charge in [-0.3, -0.25) is 9.69 Å². The molecule has 0 radical (unpaired) electrons. The molecule has 1 aromatic carbocycles. The lowest BCUT2D eigenvalue weighted by molar-refractivity contribution is 0.0880. The summed E-state index contributed by atoms with van der Waals surface area (Å²) in [6.07, 6.45) is 2.41. The van der Waals surface area contributed by atoms with E-state index in [9.17, 15) is 9.18 Å². The molecule has 138 valence electrons. The summed E-state index contributed by atoms with van der Waals surface area (Å²) in [7, 11) is 4.17. The van der Waals surface area contributed by atoms with Gasteiger partial charge in [0.2, 0.25) is 0 Å². The number of hydrogen-bond acceptors (Lipinski definition) is 4. The van der Waals surface area contributed by atoms with Gasteiger partial charge in [-0.15, -0.1) is 0 Å². The number of carbonyl (C=O) groups excluding carboxylic acids is 1. The highest BCUT2D eigenvalue weighted by atomic mass is 19.1. The summed E-state index contributed by atoms with van der Waals surface area (Å²) >= 11 is 0. The molecule has 25 heavy (non-hydrogen) atoms. The lowest BCUT2D eigenvalue weighted by Crippen LogP contribution is -2.54. The Balaban J connectivity index is 1.53. The second kappa shape index (κ2) is 8.25. The Morgan fingerprint density at radius 1 is 1.32 bits per heavy atom. The Morgan fingerprint density at radius 3 is 2.88 bits per heavy atom. The summed E-state index contributed by atoms with van der Waals surface area (Å²) in [6.45, 7) is 4.46. The zero-order valence-electron chi connectivity index (χ0n) is 15.1. The van der Waals surface area contributed by atoms with E-state index in [1.54, 1.807) is 6.07 Å². The minimum Gasteiger partial charge on any atom is -0.376 e. The molecule has 1 saturated carbocycles. The molecule has 5 nitrogen and oxygen atoms in total. The molecular weight excluding hydrogens is 321 g/mol. The van der Waals surface area contributed by atoms with Crippen LogP contribution in [0.3, 0.4) is 0 Å². The zero-order valence-corrected chi connectivity index (χ0v) is 15.1. The predicted molar refractivity (Wildman–Crippen MR) is 95.0 cm³/mol. The average Bonchev–Trinajstić information content (AvgIpc) is 3.41. The number of likely N-dealkylation sites (N-methyl/N-ethyl adjacent to an activating group) is 2. The first kappa shape index (κ1) is 18.3. The van der Waals surface area contributed by atoms with Crippen molar-refractivity contribution in [2.75, 3.05) is 46.9 Å². The van der Waals surface area contributed by atoms with Gasteiger partial charge in [0.1, 0.15) is 5.82 Å². The van der Waals surface area contributed by atoms with Crippen molar-refractivity contribution in [3.05, 3.63) is 35.1 Å². The number of ether oxygens (including phenoxy) is 1. The molecule has 0 bridgehead atoms. The van der Waals surface area contributed by atoms with Crippen molar-refractivity contribution in [3.63, 3.8) is 0 Å². The van der Waals surface area contributed by atoms with Crippen molar-refractivity contribution in [3.8, 4) is 0 Å². The quantitative estimate of drug-likeness (QED) is 0.814. The second-order valence-corrected chi connectivity index (χ2v) is 7.37. The van der Waals surface area contributed by atoms with E-state index < -0.39 is 0 Å². The van der Waals surface area contributed by atoms with Crippen LogP contribution in [0.25, 0.3) is 0 Å². The third kappa shape index (κ3) is 5.23. The summed E-state index contributed by atoms with van der Waals surface area (Å²) in [6, 6.07) is 4.79. The maximum absolute atomic E-state index is 13.9.